The Hall–Kier alpha value is -0.0800. The van der Waals surface area contributed by atoms with E-state index in [0.717, 1.165) is 25.9 Å². The Kier molecular flexibility index (Phi) is 4.93. The Labute approximate surface area is 82.3 Å². The van der Waals surface area contributed by atoms with Gasteiger partial charge in [0.15, 0.2) is 0 Å². The van der Waals surface area contributed by atoms with Crippen LogP contribution in [0.15, 0.2) is 0 Å². The van der Waals surface area contributed by atoms with E-state index in [1.165, 1.54) is 0 Å². The molecule has 0 aliphatic rings. The lowest BCUT2D eigenvalue weighted by Crippen LogP contribution is -2.21. The van der Waals surface area contributed by atoms with Gasteiger partial charge in [-0.1, -0.05) is 0 Å². The minimum Gasteiger partial charge on any atom is -0.390 e. The van der Waals surface area contributed by atoms with Crippen LogP contribution in [0, 0.1) is 0 Å². The van der Waals surface area contributed by atoms with Gasteiger partial charge in [0.25, 0.3) is 0 Å². The van der Waals surface area contributed by atoms with Gasteiger partial charge in [0.1, 0.15) is 0 Å². The molecule has 2 heteroatoms. The smallest absolute Gasteiger partial charge is 0.0598 e. The first-order chi connectivity index (χ1) is 5.71. The summed E-state index contributed by atoms with van der Waals surface area (Å²) in [4.78, 5) is 0. The standard InChI is InChI=1S/C11H24O2/c1-10(2,3)13-9-7-6-8-11(4,5)12/h12H,6-9H2,1-5H3. The maximum absolute atomic E-state index is 9.44. The summed E-state index contributed by atoms with van der Waals surface area (Å²) in [5.41, 5.74) is -0.559. The summed E-state index contributed by atoms with van der Waals surface area (Å²) in [5.74, 6) is 0. The highest BCUT2D eigenvalue weighted by molar-refractivity contribution is 4.64. The van der Waals surface area contributed by atoms with Gasteiger partial charge in [-0.15, -0.1) is 0 Å². The normalized spacial score (nSPS) is 13.4. The molecule has 0 heterocycles. The first-order valence-corrected chi connectivity index (χ1v) is 5.07. The van der Waals surface area contributed by atoms with Gasteiger partial charge in [0.2, 0.25) is 0 Å². The zero-order valence-corrected chi connectivity index (χ0v) is 9.68. The fourth-order valence-electron chi connectivity index (χ4n) is 1.04. The zero-order valence-electron chi connectivity index (χ0n) is 9.68. The van der Waals surface area contributed by atoms with Crippen LogP contribution in [0.1, 0.15) is 53.9 Å². The van der Waals surface area contributed by atoms with Crippen molar-refractivity contribution in [3.05, 3.63) is 0 Å². The van der Waals surface area contributed by atoms with Crippen LogP contribution < -0.4 is 0 Å². The van der Waals surface area contributed by atoms with Gasteiger partial charge < -0.3 is 9.84 Å². The third kappa shape index (κ3) is 11.9. The monoisotopic (exact) mass is 188 g/mol. The van der Waals surface area contributed by atoms with Crippen molar-refractivity contribution in [2.75, 3.05) is 6.61 Å². The molecule has 0 bridgehead atoms. The molecule has 2 nitrogen and oxygen atoms in total. The maximum atomic E-state index is 9.44. The van der Waals surface area contributed by atoms with Gasteiger partial charge in [-0.05, 0) is 53.9 Å². The number of unbranched alkanes of at least 4 members (excludes halogenated alkanes) is 1. The van der Waals surface area contributed by atoms with E-state index in [4.69, 9.17) is 4.74 Å². The van der Waals surface area contributed by atoms with Crippen molar-refractivity contribution < 1.29 is 9.84 Å². The van der Waals surface area contributed by atoms with E-state index in [1.807, 2.05) is 13.8 Å². The van der Waals surface area contributed by atoms with E-state index in [9.17, 15) is 5.11 Å². The molecule has 0 aromatic rings. The molecule has 0 unspecified atom stereocenters. The number of rotatable bonds is 5. The van der Waals surface area contributed by atoms with Gasteiger partial charge >= 0.3 is 0 Å². The molecule has 0 aromatic carbocycles. The second-order valence-corrected chi connectivity index (χ2v) is 5.23. The summed E-state index contributed by atoms with van der Waals surface area (Å²) in [6, 6.07) is 0. The Balaban J connectivity index is 3.28. The summed E-state index contributed by atoms with van der Waals surface area (Å²) < 4.78 is 5.56. The van der Waals surface area contributed by atoms with Crippen molar-refractivity contribution in [1.82, 2.24) is 0 Å². The molecular weight excluding hydrogens is 164 g/mol. The number of hydrogen-bond acceptors (Lipinski definition) is 2. The minimum atomic E-state index is -0.526. The van der Waals surface area contributed by atoms with Crippen molar-refractivity contribution in [3.8, 4) is 0 Å². The van der Waals surface area contributed by atoms with Crippen LogP contribution in [0.5, 0.6) is 0 Å². The summed E-state index contributed by atoms with van der Waals surface area (Å²) in [7, 11) is 0. The Morgan fingerprint density at radius 1 is 1.00 bits per heavy atom. The molecule has 80 valence electrons. The number of aliphatic hydroxyl groups is 1. The van der Waals surface area contributed by atoms with Gasteiger partial charge in [-0.3, -0.25) is 0 Å². The average Bonchev–Trinajstić information content (AvgIpc) is 1.81. The second kappa shape index (κ2) is 4.97. The van der Waals surface area contributed by atoms with E-state index in [0.29, 0.717) is 0 Å². The molecule has 0 atom stereocenters. The van der Waals surface area contributed by atoms with Crippen molar-refractivity contribution >= 4 is 0 Å². The highest BCUT2D eigenvalue weighted by Crippen LogP contribution is 2.13. The first-order valence-electron chi connectivity index (χ1n) is 5.07. The second-order valence-electron chi connectivity index (χ2n) is 5.23. The molecule has 0 saturated heterocycles. The third-order valence-corrected chi connectivity index (χ3v) is 1.72. The molecule has 1 N–H and O–H groups in total. The summed E-state index contributed by atoms with van der Waals surface area (Å²) >= 11 is 0. The van der Waals surface area contributed by atoms with Crippen LogP contribution in [-0.4, -0.2) is 22.9 Å². The average molecular weight is 188 g/mol. The summed E-state index contributed by atoms with van der Waals surface area (Å²) in [6.07, 6.45) is 2.90. The van der Waals surface area contributed by atoms with Crippen LogP contribution in [0.2, 0.25) is 0 Å². The van der Waals surface area contributed by atoms with Gasteiger partial charge in [-0.25, -0.2) is 0 Å². The van der Waals surface area contributed by atoms with Crippen LogP contribution in [0.3, 0.4) is 0 Å². The summed E-state index contributed by atoms with van der Waals surface area (Å²) in [6.45, 7) is 10.7. The fourth-order valence-corrected chi connectivity index (χ4v) is 1.04. The van der Waals surface area contributed by atoms with E-state index in [2.05, 4.69) is 20.8 Å². The third-order valence-electron chi connectivity index (χ3n) is 1.72. The van der Waals surface area contributed by atoms with Gasteiger partial charge in [0, 0.05) is 6.61 Å². The molecular formula is C11H24O2. The topological polar surface area (TPSA) is 29.5 Å². The van der Waals surface area contributed by atoms with Crippen LogP contribution in [0.4, 0.5) is 0 Å². The van der Waals surface area contributed by atoms with Crippen molar-refractivity contribution in [1.29, 1.82) is 0 Å². The van der Waals surface area contributed by atoms with Crippen LogP contribution >= 0.6 is 0 Å². The lowest BCUT2D eigenvalue weighted by Gasteiger charge is -2.20. The number of hydrogen-bond donors (Lipinski definition) is 1. The lowest BCUT2D eigenvalue weighted by atomic mass is 10.0. The molecule has 0 aromatic heterocycles. The molecule has 0 saturated carbocycles. The van der Waals surface area contributed by atoms with Crippen LogP contribution in [-0.2, 0) is 4.74 Å². The van der Waals surface area contributed by atoms with Crippen molar-refractivity contribution in [3.63, 3.8) is 0 Å². The molecule has 13 heavy (non-hydrogen) atoms. The minimum absolute atomic E-state index is 0.0330. The molecule has 0 aliphatic carbocycles. The fraction of sp³-hybridized carbons (Fsp3) is 1.00. The quantitative estimate of drug-likeness (QED) is 0.672. The van der Waals surface area contributed by atoms with Crippen LogP contribution in [0.25, 0.3) is 0 Å². The van der Waals surface area contributed by atoms with Gasteiger partial charge in [-0.2, -0.15) is 0 Å². The lowest BCUT2D eigenvalue weighted by molar-refractivity contribution is -0.00751. The van der Waals surface area contributed by atoms with Gasteiger partial charge in [0.05, 0.1) is 11.2 Å². The highest BCUT2D eigenvalue weighted by atomic mass is 16.5. The Morgan fingerprint density at radius 2 is 1.54 bits per heavy atom. The predicted octanol–water partition coefficient (Wildman–Crippen LogP) is 2.74. The SMILES string of the molecule is CC(C)(O)CCCCOC(C)(C)C. The molecule has 0 aliphatic heterocycles. The Morgan fingerprint density at radius 3 is 1.92 bits per heavy atom. The van der Waals surface area contributed by atoms with E-state index < -0.39 is 5.60 Å². The van der Waals surface area contributed by atoms with E-state index in [-0.39, 0.29) is 5.60 Å². The molecule has 0 radical (unpaired) electrons. The van der Waals surface area contributed by atoms with Crippen molar-refractivity contribution in [2.24, 2.45) is 0 Å². The molecule has 0 amide bonds. The molecule has 0 fully saturated rings. The highest BCUT2D eigenvalue weighted by Gasteiger charge is 2.12. The first kappa shape index (κ1) is 12.9. The van der Waals surface area contributed by atoms with E-state index in [1.54, 1.807) is 0 Å². The Bertz CT molecular complexity index is 112. The maximum Gasteiger partial charge on any atom is 0.0598 e. The zero-order chi connectivity index (χ0) is 10.5. The van der Waals surface area contributed by atoms with E-state index >= 15 is 0 Å². The summed E-state index contributed by atoms with van der Waals surface area (Å²) in [5, 5.41) is 9.44. The largest absolute Gasteiger partial charge is 0.390 e. The molecule has 0 spiro atoms. The van der Waals surface area contributed by atoms with Crippen molar-refractivity contribution in [2.45, 2.75) is 65.1 Å². The molecule has 0 rings (SSSR count). The number of ether oxygens (including phenoxy) is 1. The predicted molar refractivity (Wildman–Crippen MR) is 55.9 cm³/mol.